The Morgan fingerprint density at radius 2 is 2.17 bits per heavy atom. The second-order valence-electron chi connectivity index (χ2n) is 3.18. The van der Waals surface area contributed by atoms with Crippen LogP contribution < -0.4 is 10.5 Å². The van der Waals surface area contributed by atoms with E-state index in [1.165, 1.54) is 0 Å². The van der Waals surface area contributed by atoms with Crippen LogP contribution in [0.4, 0.5) is 13.2 Å². The molecule has 0 unspecified atom stereocenters. The predicted molar refractivity (Wildman–Crippen MR) is 62.9 cm³/mol. The largest absolute Gasteiger partial charge is 0.573 e. The van der Waals surface area contributed by atoms with Crippen molar-refractivity contribution in [3.63, 3.8) is 0 Å². The second kappa shape index (κ2) is 5.69. The van der Waals surface area contributed by atoms with Gasteiger partial charge in [0.1, 0.15) is 0 Å². The minimum Gasteiger partial charge on any atom is -0.481 e. The number of rotatable bonds is 4. The molecule has 0 spiro atoms. The molecule has 0 aliphatic heterocycles. The number of halogens is 4. The maximum absolute atomic E-state index is 12.2. The Morgan fingerprint density at radius 3 is 2.61 bits per heavy atom. The lowest BCUT2D eigenvalue weighted by molar-refractivity contribution is -0.275. The maximum atomic E-state index is 12.2. The molecule has 0 amide bonds. The first-order chi connectivity index (χ1) is 8.24. The van der Waals surface area contributed by atoms with Gasteiger partial charge in [-0.25, -0.2) is 0 Å². The van der Waals surface area contributed by atoms with Crippen molar-refractivity contribution in [2.75, 3.05) is 0 Å². The standard InChI is InChI=1S/C9H8F3IN2O3/c10-9(11,12)18-8-4(2-14)6(1-7(16)17)15-3-5(8)13/h3H,1-2,14H2,(H,16,17). The van der Waals surface area contributed by atoms with Gasteiger partial charge in [0, 0.05) is 18.3 Å². The van der Waals surface area contributed by atoms with E-state index < -0.39 is 24.5 Å². The third kappa shape index (κ3) is 3.98. The molecule has 5 nitrogen and oxygen atoms in total. The predicted octanol–water partition coefficient (Wildman–Crippen LogP) is 1.67. The van der Waals surface area contributed by atoms with Crippen LogP contribution in [0.5, 0.6) is 5.75 Å². The van der Waals surface area contributed by atoms with Crippen LogP contribution in [0, 0.1) is 3.57 Å². The highest BCUT2D eigenvalue weighted by Crippen LogP contribution is 2.32. The zero-order valence-corrected chi connectivity index (χ0v) is 10.9. The van der Waals surface area contributed by atoms with Crippen LogP contribution in [0.1, 0.15) is 11.3 Å². The molecule has 1 rings (SSSR count). The van der Waals surface area contributed by atoms with E-state index in [4.69, 9.17) is 10.8 Å². The molecule has 18 heavy (non-hydrogen) atoms. The first kappa shape index (κ1) is 15.0. The summed E-state index contributed by atoms with van der Waals surface area (Å²) in [6.07, 6.45) is -4.28. The summed E-state index contributed by atoms with van der Waals surface area (Å²) in [5, 5.41) is 8.63. The number of alkyl halides is 3. The van der Waals surface area contributed by atoms with Crippen molar-refractivity contribution in [1.29, 1.82) is 0 Å². The number of pyridine rings is 1. The van der Waals surface area contributed by atoms with Crippen LogP contribution >= 0.6 is 22.6 Å². The molecule has 3 N–H and O–H groups in total. The van der Waals surface area contributed by atoms with Gasteiger partial charge in [-0.05, 0) is 22.6 Å². The van der Waals surface area contributed by atoms with E-state index in [0.29, 0.717) is 0 Å². The van der Waals surface area contributed by atoms with Gasteiger partial charge in [0.2, 0.25) is 0 Å². The van der Waals surface area contributed by atoms with Gasteiger partial charge < -0.3 is 15.6 Å². The lowest BCUT2D eigenvalue weighted by Gasteiger charge is -2.16. The van der Waals surface area contributed by atoms with Gasteiger partial charge in [-0.15, -0.1) is 13.2 Å². The van der Waals surface area contributed by atoms with Gasteiger partial charge >= 0.3 is 12.3 Å². The molecule has 0 bridgehead atoms. The Labute approximate surface area is 113 Å². The zero-order valence-electron chi connectivity index (χ0n) is 8.79. The Morgan fingerprint density at radius 1 is 1.56 bits per heavy atom. The summed E-state index contributed by atoms with van der Waals surface area (Å²) in [4.78, 5) is 14.3. The van der Waals surface area contributed by atoms with E-state index in [1.54, 1.807) is 22.6 Å². The van der Waals surface area contributed by atoms with Gasteiger partial charge in [-0.2, -0.15) is 0 Å². The number of nitrogens with two attached hydrogens (primary N) is 1. The number of aliphatic carboxylic acids is 1. The van der Waals surface area contributed by atoms with Crippen molar-refractivity contribution in [2.45, 2.75) is 19.3 Å². The lowest BCUT2D eigenvalue weighted by atomic mass is 10.1. The van der Waals surface area contributed by atoms with Crippen molar-refractivity contribution in [2.24, 2.45) is 5.73 Å². The summed E-state index contributed by atoms with van der Waals surface area (Å²) in [5.74, 6) is -1.70. The normalized spacial score (nSPS) is 11.4. The molecule has 0 fully saturated rings. The molecule has 1 heterocycles. The first-order valence-electron chi connectivity index (χ1n) is 4.58. The number of hydrogen-bond acceptors (Lipinski definition) is 4. The number of carbonyl (C=O) groups is 1. The summed E-state index contributed by atoms with van der Waals surface area (Å²) >= 11 is 1.61. The number of aromatic nitrogens is 1. The molecule has 0 saturated carbocycles. The van der Waals surface area contributed by atoms with Crippen molar-refractivity contribution < 1.29 is 27.8 Å². The van der Waals surface area contributed by atoms with Crippen molar-refractivity contribution in [3.8, 4) is 5.75 Å². The van der Waals surface area contributed by atoms with Gasteiger partial charge in [0.15, 0.2) is 5.75 Å². The van der Waals surface area contributed by atoms with E-state index in [-0.39, 0.29) is 21.4 Å². The van der Waals surface area contributed by atoms with Crippen LogP contribution in [0.3, 0.4) is 0 Å². The number of nitrogens with zero attached hydrogens (tertiary/aromatic N) is 1. The average molecular weight is 376 g/mol. The van der Waals surface area contributed by atoms with E-state index in [2.05, 4.69) is 9.72 Å². The van der Waals surface area contributed by atoms with Crippen molar-refractivity contribution in [1.82, 2.24) is 4.98 Å². The summed E-state index contributed by atoms with van der Waals surface area (Å²) in [7, 11) is 0. The molecule has 0 radical (unpaired) electrons. The molecule has 0 aliphatic rings. The SMILES string of the molecule is NCc1c(CC(=O)O)ncc(I)c1OC(F)(F)F. The Hall–Kier alpha value is -1.10. The first-order valence-corrected chi connectivity index (χ1v) is 5.66. The lowest BCUT2D eigenvalue weighted by Crippen LogP contribution is -2.21. The van der Waals surface area contributed by atoms with Crippen LogP contribution in [0.2, 0.25) is 0 Å². The zero-order chi connectivity index (χ0) is 13.9. The maximum Gasteiger partial charge on any atom is 0.573 e. The third-order valence-corrected chi connectivity index (χ3v) is 2.68. The molecular formula is C9H8F3IN2O3. The highest BCUT2D eigenvalue weighted by Gasteiger charge is 2.33. The summed E-state index contributed by atoms with van der Waals surface area (Å²) in [5.41, 5.74) is 5.24. The average Bonchev–Trinajstić information content (AvgIpc) is 2.20. The van der Waals surface area contributed by atoms with E-state index >= 15 is 0 Å². The fourth-order valence-corrected chi connectivity index (χ4v) is 1.85. The quantitative estimate of drug-likeness (QED) is 0.782. The van der Waals surface area contributed by atoms with Crippen LogP contribution in [0.15, 0.2) is 6.20 Å². The van der Waals surface area contributed by atoms with Gasteiger partial charge in [-0.1, -0.05) is 0 Å². The fourth-order valence-electron chi connectivity index (χ4n) is 1.28. The number of carboxylic acids is 1. The smallest absolute Gasteiger partial charge is 0.481 e. The van der Waals surface area contributed by atoms with E-state index in [0.717, 1.165) is 6.20 Å². The van der Waals surface area contributed by atoms with Crippen LogP contribution in [-0.2, 0) is 17.8 Å². The van der Waals surface area contributed by atoms with Crippen LogP contribution in [0.25, 0.3) is 0 Å². The third-order valence-electron chi connectivity index (χ3n) is 1.91. The van der Waals surface area contributed by atoms with Crippen LogP contribution in [-0.4, -0.2) is 22.4 Å². The minimum absolute atomic E-state index is 0.0373. The number of hydrogen-bond donors (Lipinski definition) is 2. The highest BCUT2D eigenvalue weighted by molar-refractivity contribution is 14.1. The summed E-state index contributed by atoms with van der Waals surface area (Å²) in [6, 6.07) is 0. The van der Waals surface area contributed by atoms with Gasteiger partial charge in [0.25, 0.3) is 0 Å². The fraction of sp³-hybridized carbons (Fsp3) is 0.333. The topological polar surface area (TPSA) is 85.4 Å². The molecule has 0 saturated heterocycles. The van der Waals surface area contributed by atoms with Crippen molar-refractivity contribution >= 4 is 28.6 Å². The summed E-state index contributed by atoms with van der Waals surface area (Å²) in [6.45, 7) is -0.294. The molecule has 1 aromatic rings. The second-order valence-corrected chi connectivity index (χ2v) is 4.35. The summed E-state index contributed by atoms with van der Waals surface area (Å²) < 4.78 is 40.7. The molecule has 1 aromatic heterocycles. The van der Waals surface area contributed by atoms with Crippen molar-refractivity contribution in [3.05, 3.63) is 21.0 Å². The molecule has 0 atom stereocenters. The Bertz CT molecular complexity index is 465. The molecule has 0 aliphatic carbocycles. The number of carboxylic acid groups (broad SMARTS) is 1. The van der Waals surface area contributed by atoms with E-state index in [9.17, 15) is 18.0 Å². The van der Waals surface area contributed by atoms with Gasteiger partial charge in [-0.3, -0.25) is 9.78 Å². The monoisotopic (exact) mass is 376 g/mol. The Kier molecular flexibility index (Phi) is 4.73. The number of ether oxygens (including phenoxy) is 1. The minimum atomic E-state index is -4.87. The Balaban J connectivity index is 3.25. The molecule has 100 valence electrons. The molecular weight excluding hydrogens is 368 g/mol. The van der Waals surface area contributed by atoms with Gasteiger partial charge in [0.05, 0.1) is 15.7 Å². The molecule has 0 aromatic carbocycles. The highest BCUT2D eigenvalue weighted by atomic mass is 127. The molecule has 9 heteroatoms. The van der Waals surface area contributed by atoms with E-state index in [1.807, 2.05) is 0 Å².